The Labute approximate surface area is 211 Å². The second-order valence-electron chi connectivity index (χ2n) is 8.37. The Balaban J connectivity index is 0.000000187. The fourth-order valence-electron chi connectivity index (χ4n) is 3.44. The molecule has 30 heavy (non-hydrogen) atoms. The highest BCUT2D eigenvalue weighted by atomic mass is 32.2. The summed E-state index contributed by atoms with van der Waals surface area (Å²) in [5, 5.41) is 0. The average molecular weight is 511 g/mol. The molecule has 0 aromatic carbocycles. The zero-order chi connectivity index (χ0) is 21.2. The van der Waals surface area contributed by atoms with Gasteiger partial charge in [0, 0.05) is 0 Å². The lowest BCUT2D eigenvalue weighted by molar-refractivity contribution is 0.764. The van der Waals surface area contributed by atoms with Crippen LogP contribution in [0.3, 0.4) is 0 Å². The second kappa shape index (κ2) is 27.0. The highest BCUT2D eigenvalue weighted by Crippen LogP contribution is 2.17. The third kappa shape index (κ3) is 24.4. The molecule has 5 saturated heterocycles. The topological polar surface area (TPSA) is 0 Å². The van der Waals surface area contributed by atoms with Crippen LogP contribution >= 0.6 is 58.8 Å². The molecule has 0 spiro atoms. The molecule has 0 nitrogen and oxygen atoms in total. The van der Waals surface area contributed by atoms with Crippen molar-refractivity contribution < 1.29 is 0 Å². The van der Waals surface area contributed by atoms with Crippen molar-refractivity contribution >= 4 is 58.8 Å². The predicted octanol–water partition coefficient (Wildman–Crippen LogP) is 9.52. The summed E-state index contributed by atoms with van der Waals surface area (Å²) in [5.41, 5.74) is 0. The number of thioether (sulfide) groups is 5. The van der Waals surface area contributed by atoms with E-state index in [0.717, 1.165) is 0 Å². The summed E-state index contributed by atoms with van der Waals surface area (Å²) in [5.74, 6) is 14.2. The summed E-state index contributed by atoms with van der Waals surface area (Å²) >= 11 is 10.5. The molecule has 0 aromatic rings. The largest absolute Gasteiger partial charge is 0.162 e. The van der Waals surface area contributed by atoms with E-state index in [9.17, 15) is 0 Å². The Morgan fingerprint density at radius 3 is 0.333 bits per heavy atom. The van der Waals surface area contributed by atoms with Crippen molar-refractivity contribution in [1.29, 1.82) is 0 Å². The molecular weight excluding hydrogens is 461 g/mol. The van der Waals surface area contributed by atoms with Gasteiger partial charge in [0.15, 0.2) is 0 Å². The molecule has 0 bridgehead atoms. The van der Waals surface area contributed by atoms with Gasteiger partial charge in [-0.2, -0.15) is 58.8 Å². The minimum atomic E-state index is 1.42. The zero-order valence-corrected chi connectivity index (χ0v) is 23.8. The molecule has 0 saturated carbocycles. The van der Waals surface area contributed by atoms with E-state index in [-0.39, 0.29) is 0 Å². The van der Waals surface area contributed by atoms with Gasteiger partial charge < -0.3 is 0 Å². The maximum absolute atomic E-state index is 2.09. The molecule has 0 aromatic heterocycles. The van der Waals surface area contributed by atoms with Crippen LogP contribution in [0.5, 0.6) is 0 Å². The summed E-state index contributed by atoms with van der Waals surface area (Å²) in [6.45, 7) is 0. The number of hydrogen-bond acceptors (Lipinski definition) is 5. The Hall–Kier alpha value is 1.75. The maximum Gasteiger partial charge on any atom is -0.00675 e. The van der Waals surface area contributed by atoms with Crippen LogP contribution in [0.4, 0.5) is 0 Å². The molecule has 0 amide bonds. The molecular formula is C25H50S5. The molecule has 5 aliphatic rings. The summed E-state index contributed by atoms with van der Waals surface area (Å²) in [6.07, 6.45) is 22.0. The van der Waals surface area contributed by atoms with Crippen molar-refractivity contribution in [2.45, 2.75) is 96.3 Å². The zero-order valence-electron chi connectivity index (χ0n) is 19.7. The number of rotatable bonds is 0. The molecule has 0 unspecified atom stereocenters. The van der Waals surface area contributed by atoms with Gasteiger partial charge in [-0.3, -0.25) is 0 Å². The first kappa shape index (κ1) is 29.8. The molecule has 0 atom stereocenters. The first-order valence-electron chi connectivity index (χ1n) is 12.9. The monoisotopic (exact) mass is 510 g/mol. The van der Waals surface area contributed by atoms with Crippen molar-refractivity contribution in [2.24, 2.45) is 0 Å². The van der Waals surface area contributed by atoms with Crippen molar-refractivity contribution in [3.63, 3.8) is 0 Å². The first-order valence-corrected chi connectivity index (χ1v) is 18.7. The van der Waals surface area contributed by atoms with E-state index in [4.69, 9.17) is 0 Å². The molecule has 5 fully saturated rings. The lowest BCUT2D eigenvalue weighted by Crippen LogP contribution is -1.91. The van der Waals surface area contributed by atoms with Crippen LogP contribution in [-0.4, -0.2) is 57.5 Å². The summed E-state index contributed by atoms with van der Waals surface area (Å²) in [4.78, 5) is 0. The maximum atomic E-state index is 2.09. The van der Waals surface area contributed by atoms with Gasteiger partial charge in [-0.25, -0.2) is 0 Å². The van der Waals surface area contributed by atoms with Crippen LogP contribution in [0.15, 0.2) is 0 Å². The third-order valence-electron chi connectivity index (χ3n) is 5.39. The fourth-order valence-corrected chi connectivity index (χ4v) is 8.54. The Bertz CT molecular complexity index is 167. The van der Waals surface area contributed by atoms with E-state index >= 15 is 0 Å². The molecule has 180 valence electrons. The molecule has 5 rings (SSSR count). The van der Waals surface area contributed by atoms with Gasteiger partial charge in [-0.1, -0.05) is 32.1 Å². The molecule has 0 N–H and O–H groups in total. The molecule has 0 radical (unpaired) electrons. The highest BCUT2D eigenvalue weighted by Gasteiger charge is 1.98. The van der Waals surface area contributed by atoms with E-state index in [1.54, 1.807) is 0 Å². The van der Waals surface area contributed by atoms with Crippen molar-refractivity contribution in [3.8, 4) is 0 Å². The van der Waals surface area contributed by atoms with Gasteiger partial charge >= 0.3 is 0 Å². The fraction of sp³-hybridized carbons (Fsp3) is 1.00. The lowest BCUT2D eigenvalue weighted by atomic mass is 10.3. The van der Waals surface area contributed by atoms with Crippen LogP contribution in [0.25, 0.3) is 0 Å². The molecule has 5 heterocycles. The summed E-state index contributed by atoms with van der Waals surface area (Å²) in [6, 6.07) is 0. The standard InChI is InChI=1S/5C5H10S/c5*1-2-4-6-5-3-1/h5*1-5H2. The van der Waals surface area contributed by atoms with E-state index in [0.29, 0.717) is 0 Å². The average Bonchev–Trinajstić information content (AvgIpc) is 2.91. The summed E-state index contributed by atoms with van der Waals surface area (Å²) < 4.78 is 0. The van der Waals surface area contributed by atoms with Crippen LogP contribution in [0, 0.1) is 0 Å². The second-order valence-corrected chi connectivity index (χ2v) is 14.5. The van der Waals surface area contributed by atoms with Gasteiger partial charge in [0.1, 0.15) is 0 Å². The quantitative estimate of drug-likeness (QED) is 0.317. The minimum Gasteiger partial charge on any atom is -0.162 e. The molecule has 5 heteroatoms. The molecule has 5 aliphatic heterocycles. The summed E-state index contributed by atoms with van der Waals surface area (Å²) in [7, 11) is 0. The van der Waals surface area contributed by atoms with Crippen molar-refractivity contribution in [3.05, 3.63) is 0 Å². The van der Waals surface area contributed by atoms with E-state index in [2.05, 4.69) is 58.8 Å². The Morgan fingerprint density at radius 2 is 0.300 bits per heavy atom. The lowest BCUT2D eigenvalue weighted by Gasteiger charge is -2.05. The van der Waals surface area contributed by atoms with Gasteiger partial charge in [-0.05, 0) is 122 Å². The minimum absolute atomic E-state index is 1.42. The third-order valence-corrected chi connectivity index (χ3v) is 11.2. The van der Waals surface area contributed by atoms with Gasteiger partial charge in [0.2, 0.25) is 0 Å². The smallest absolute Gasteiger partial charge is 0.00675 e. The number of hydrogen-bond donors (Lipinski definition) is 0. The highest BCUT2D eigenvalue weighted by molar-refractivity contribution is 8.00. The van der Waals surface area contributed by atoms with E-state index < -0.39 is 0 Å². The Kier molecular flexibility index (Phi) is 26.8. The van der Waals surface area contributed by atoms with Crippen LogP contribution in [0.1, 0.15) is 96.3 Å². The van der Waals surface area contributed by atoms with Gasteiger partial charge in [0.05, 0.1) is 0 Å². The normalized spacial score (nSPS) is 24.0. The predicted molar refractivity (Wildman–Crippen MR) is 156 cm³/mol. The van der Waals surface area contributed by atoms with Crippen molar-refractivity contribution in [1.82, 2.24) is 0 Å². The first-order chi connectivity index (χ1) is 15.0. The van der Waals surface area contributed by atoms with Gasteiger partial charge in [0.25, 0.3) is 0 Å². The van der Waals surface area contributed by atoms with E-state index in [1.807, 2.05) is 0 Å². The molecule has 0 aliphatic carbocycles. The van der Waals surface area contributed by atoms with E-state index in [1.165, 1.54) is 154 Å². The van der Waals surface area contributed by atoms with Crippen LogP contribution < -0.4 is 0 Å². The SMILES string of the molecule is C1CCSCC1.C1CCSCC1.C1CCSCC1.C1CCSCC1.C1CCSCC1. The van der Waals surface area contributed by atoms with Crippen LogP contribution in [0.2, 0.25) is 0 Å². The van der Waals surface area contributed by atoms with Crippen LogP contribution in [-0.2, 0) is 0 Å². The van der Waals surface area contributed by atoms with Crippen molar-refractivity contribution in [2.75, 3.05) is 57.5 Å². The van der Waals surface area contributed by atoms with Gasteiger partial charge in [-0.15, -0.1) is 0 Å². The Morgan fingerprint density at radius 1 is 0.167 bits per heavy atom.